The summed E-state index contributed by atoms with van der Waals surface area (Å²) >= 11 is 0. The first-order valence-electron chi connectivity index (χ1n) is 10.6. The molecule has 2 aliphatic rings. The lowest BCUT2D eigenvalue weighted by molar-refractivity contribution is -0.132. The van der Waals surface area contributed by atoms with Gasteiger partial charge in [0.1, 0.15) is 5.82 Å². The summed E-state index contributed by atoms with van der Waals surface area (Å²) in [5.74, 6) is 0.234. The smallest absolute Gasteiger partial charge is 0.253 e. The number of hydrogen-bond donors (Lipinski definition) is 3. The van der Waals surface area contributed by atoms with Crippen molar-refractivity contribution in [2.24, 2.45) is 0 Å². The fourth-order valence-corrected chi connectivity index (χ4v) is 3.98. The molecule has 0 unspecified atom stereocenters. The van der Waals surface area contributed by atoms with E-state index in [1.54, 1.807) is 17.9 Å². The Labute approximate surface area is 181 Å². The summed E-state index contributed by atoms with van der Waals surface area (Å²) in [6.07, 6.45) is 1.71. The van der Waals surface area contributed by atoms with Crippen LogP contribution in [0.2, 0.25) is 0 Å². The van der Waals surface area contributed by atoms with Crippen molar-refractivity contribution in [2.75, 3.05) is 38.0 Å². The quantitative estimate of drug-likeness (QED) is 0.585. The van der Waals surface area contributed by atoms with E-state index in [9.17, 15) is 14.7 Å². The molecule has 1 saturated heterocycles. The number of carbonyl (C=O) groups is 2. The van der Waals surface area contributed by atoms with Gasteiger partial charge in [0.25, 0.3) is 5.91 Å². The SMILES string of the molecule is CC(=O)N1CC(Nc2cc(C(=O)NC[C@H](O)CN3CCc4ccccc4C3)cnn2)C1. The normalized spacial score (nSPS) is 17.4. The third kappa shape index (κ3) is 5.36. The maximum atomic E-state index is 12.5. The number of rotatable bonds is 7. The number of nitrogens with one attached hydrogen (secondary N) is 2. The molecule has 0 radical (unpaired) electrons. The van der Waals surface area contributed by atoms with Gasteiger partial charge in [-0.3, -0.25) is 14.5 Å². The van der Waals surface area contributed by atoms with E-state index in [4.69, 9.17) is 0 Å². The summed E-state index contributed by atoms with van der Waals surface area (Å²) in [6.45, 7) is 5.14. The number of amides is 2. The Balaban J connectivity index is 1.23. The second kappa shape index (κ2) is 9.40. The van der Waals surface area contributed by atoms with Gasteiger partial charge in [-0.1, -0.05) is 24.3 Å². The Morgan fingerprint density at radius 2 is 2.03 bits per heavy atom. The predicted molar refractivity (Wildman–Crippen MR) is 115 cm³/mol. The first-order valence-corrected chi connectivity index (χ1v) is 10.6. The first kappa shape index (κ1) is 21.2. The van der Waals surface area contributed by atoms with Crippen LogP contribution in [-0.2, 0) is 17.8 Å². The van der Waals surface area contributed by atoms with Crippen molar-refractivity contribution in [3.05, 3.63) is 53.2 Å². The number of fused-ring (bicyclic) bond motifs is 1. The summed E-state index contributed by atoms with van der Waals surface area (Å²) in [4.78, 5) is 27.7. The van der Waals surface area contributed by atoms with Gasteiger partial charge in [-0.25, -0.2) is 0 Å². The number of carbonyl (C=O) groups excluding carboxylic acids is 2. The zero-order valence-electron chi connectivity index (χ0n) is 17.6. The molecule has 4 rings (SSSR count). The Kier molecular flexibility index (Phi) is 6.43. The van der Waals surface area contributed by atoms with Gasteiger partial charge in [0.15, 0.2) is 0 Å². The molecule has 2 aliphatic heterocycles. The molecule has 1 atom stereocenters. The minimum Gasteiger partial charge on any atom is -0.390 e. The molecule has 164 valence electrons. The minimum absolute atomic E-state index is 0.0459. The highest BCUT2D eigenvalue weighted by atomic mass is 16.3. The van der Waals surface area contributed by atoms with Gasteiger partial charge in [-0.05, 0) is 23.6 Å². The average molecular weight is 425 g/mol. The van der Waals surface area contributed by atoms with E-state index in [2.05, 4.69) is 43.9 Å². The molecule has 0 saturated carbocycles. The zero-order chi connectivity index (χ0) is 21.8. The first-order chi connectivity index (χ1) is 15.0. The summed E-state index contributed by atoms with van der Waals surface area (Å²) in [6, 6.07) is 10.1. The monoisotopic (exact) mass is 424 g/mol. The molecule has 1 fully saturated rings. The average Bonchev–Trinajstić information content (AvgIpc) is 2.74. The van der Waals surface area contributed by atoms with E-state index in [0.717, 1.165) is 19.5 Å². The number of hydrogen-bond acceptors (Lipinski definition) is 7. The number of β-amino-alcohol motifs (C(OH)–C–C–N with tert-alkyl or cyclic N) is 1. The second-order valence-electron chi connectivity index (χ2n) is 8.21. The van der Waals surface area contributed by atoms with Crippen molar-refractivity contribution >= 4 is 17.6 Å². The van der Waals surface area contributed by atoms with Crippen molar-refractivity contribution in [3.63, 3.8) is 0 Å². The standard InChI is InChI=1S/C22H28N6O3/c1-15(29)28-12-19(13-28)25-21-8-18(9-24-26-21)22(31)23-10-20(30)14-27-7-6-16-4-2-3-5-17(16)11-27/h2-5,8-9,19-20,30H,6-7,10-14H2,1H3,(H,23,31)(H,25,26)/t20-/m0/s1. The van der Waals surface area contributed by atoms with Crippen molar-refractivity contribution in [3.8, 4) is 0 Å². The molecular weight excluding hydrogens is 396 g/mol. The van der Waals surface area contributed by atoms with Crippen molar-refractivity contribution in [1.29, 1.82) is 0 Å². The lowest BCUT2D eigenvalue weighted by Crippen LogP contribution is -2.56. The fraction of sp³-hybridized carbons (Fsp3) is 0.455. The van der Waals surface area contributed by atoms with Gasteiger partial charge in [-0.2, -0.15) is 5.10 Å². The summed E-state index contributed by atoms with van der Waals surface area (Å²) in [5.41, 5.74) is 3.04. The Morgan fingerprint density at radius 3 is 2.81 bits per heavy atom. The lowest BCUT2D eigenvalue weighted by atomic mass is 10.00. The minimum atomic E-state index is -0.658. The van der Waals surface area contributed by atoms with Crippen LogP contribution < -0.4 is 10.6 Å². The Morgan fingerprint density at radius 1 is 1.26 bits per heavy atom. The van der Waals surface area contributed by atoms with Crippen LogP contribution in [-0.4, -0.2) is 81.8 Å². The van der Waals surface area contributed by atoms with E-state index in [0.29, 0.717) is 31.0 Å². The third-order valence-corrected chi connectivity index (χ3v) is 5.77. The summed E-state index contributed by atoms with van der Waals surface area (Å²) in [7, 11) is 0. The number of nitrogens with zero attached hydrogens (tertiary/aromatic N) is 4. The van der Waals surface area contributed by atoms with Crippen molar-refractivity contribution in [2.45, 2.75) is 32.0 Å². The number of aliphatic hydroxyl groups excluding tert-OH is 1. The Bertz CT molecular complexity index is 946. The molecular formula is C22H28N6O3. The predicted octanol–water partition coefficient (Wildman–Crippen LogP) is 0.268. The van der Waals surface area contributed by atoms with Gasteiger partial charge >= 0.3 is 0 Å². The van der Waals surface area contributed by atoms with E-state index in [-0.39, 0.29) is 24.4 Å². The van der Waals surface area contributed by atoms with Crippen LogP contribution in [0.3, 0.4) is 0 Å². The zero-order valence-corrected chi connectivity index (χ0v) is 17.6. The van der Waals surface area contributed by atoms with E-state index in [1.807, 2.05) is 6.07 Å². The van der Waals surface area contributed by atoms with Crippen LogP contribution in [0.4, 0.5) is 5.82 Å². The largest absolute Gasteiger partial charge is 0.390 e. The summed E-state index contributed by atoms with van der Waals surface area (Å²) in [5, 5.41) is 24.2. The summed E-state index contributed by atoms with van der Waals surface area (Å²) < 4.78 is 0. The Hall–Kier alpha value is -3.04. The molecule has 3 heterocycles. The maximum Gasteiger partial charge on any atom is 0.253 e. The van der Waals surface area contributed by atoms with Gasteiger partial charge in [0, 0.05) is 46.2 Å². The fourth-order valence-electron chi connectivity index (χ4n) is 3.98. The topological polar surface area (TPSA) is 111 Å². The molecule has 0 spiro atoms. The molecule has 31 heavy (non-hydrogen) atoms. The van der Waals surface area contributed by atoms with E-state index >= 15 is 0 Å². The van der Waals surface area contributed by atoms with Crippen LogP contribution in [0.15, 0.2) is 36.5 Å². The number of anilines is 1. The van der Waals surface area contributed by atoms with Crippen molar-refractivity contribution < 1.29 is 14.7 Å². The molecule has 9 heteroatoms. The van der Waals surface area contributed by atoms with Gasteiger partial charge in [-0.15, -0.1) is 5.10 Å². The van der Waals surface area contributed by atoms with Gasteiger partial charge in [0.2, 0.25) is 5.91 Å². The molecule has 3 N–H and O–H groups in total. The van der Waals surface area contributed by atoms with Crippen LogP contribution in [0.1, 0.15) is 28.4 Å². The van der Waals surface area contributed by atoms with Crippen LogP contribution in [0.25, 0.3) is 0 Å². The molecule has 2 amide bonds. The maximum absolute atomic E-state index is 12.5. The molecule has 9 nitrogen and oxygen atoms in total. The second-order valence-corrected chi connectivity index (χ2v) is 8.21. The highest BCUT2D eigenvalue weighted by molar-refractivity contribution is 5.94. The molecule has 0 aliphatic carbocycles. The van der Waals surface area contributed by atoms with Crippen LogP contribution >= 0.6 is 0 Å². The van der Waals surface area contributed by atoms with E-state index < -0.39 is 6.10 Å². The highest BCUT2D eigenvalue weighted by Crippen LogP contribution is 2.18. The van der Waals surface area contributed by atoms with Crippen LogP contribution in [0, 0.1) is 0 Å². The molecule has 0 bridgehead atoms. The molecule has 1 aromatic heterocycles. The molecule has 1 aromatic carbocycles. The number of aliphatic hydroxyl groups is 1. The van der Waals surface area contributed by atoms with Crippen LogP contribution in [0.5, 0.6) is 0 Å². The van der Waals surface area contributed by atoms with Gasteiger partial charge < -0.3 is 20.6 Å². The number of benzene rings is 1. The highest BCUT2D eigenvalue weighted by Gasteiger charge is 2.28. The molecule has 2 aromatic rings. The van der Waals surface area contributed by atoms with E-state index in [1.165, 1.54) is 17.3 Å². The number of likely N-dealkylation sites (tertiary alicyclic amines) is 1. The number of aromatic nitrogens is 2. The third-order valence-electron chi connectivity index (χ3n) is 5.77. The van der Waals surface area contributed by atoms with Crippen molar-refractivity contribution in [1.82, 2.24) is 25.3 Å². The van der Waals surface area contributed by atoms with Gasteiger partial charge in [0.05, 0.1) is 23.9 Å². The lowest BCUT2D eigenvalue weighted by Gasteiger charge is -2.39.